The fourth-order valence-electron chi connectivity index (χ4n) is 7.82. The van der Waals surface area contributed by atoms with Gasteiger partial charge in [-0.3, -0.25) is 9.88 Å². The molecule has 4 aliphatic rings. The van der Waals surface area contributed by atoms with Crippen LogP contribution in [0.1, 0.15) is 38.5 Å². The molecular weight excluding hydrogens is 534 g/mol. The molecule has 0 unspecified atom stereocenters. The lowest BCUT2D eigenvalue weighted by atomic mass is 9.78. The molecule has 2 atom stereocenters. The standard InChI is InChI=1S/C31H34BFN6O3/c33-26-27(24-14-20(32(40)41)13-19-5-1-2-6-23(19)24)34-15-25-28(26)36-30(42-18-31-9-3-11-39(31)12-4-10-31)37-29(25)38-16-21-7-8-22(17-38)35-21/h1-2,5-6,13-15,21-22,35,40-41H,3-4,7-12,16-18H2/t21-,22+. The molecule has 2 aromatic heterocycles. The molecule has 3 N–H and O–H groups in total. The summed E-state index contributed by atoms with van der Waals surface area (Å²) in [5.41, 5.74) is 1.03. The Morgan fingerprint density at radius 2 is 1.79 bits per heavy atom. The zero-order valence-electron chi connectivity index (χ0n) is 23.5. The van der Waals surface area contributed by atoms with Crippen LogP contribution in [0, 0.1) is 5.82 Å². The normalized spacial score (nSPS) is 23.2. The number of pyridine rings is 1. The fourth-order valence-corrected chi connectivity index (χ4v) is 7.82. The van der Waals surface area contributed by atoms with Crippen molar-refractivity contribution in [1.82, 2.24) is 25.2 Å². The smallest absolute Gasteiger partial charge is 0.461 e. The van der Waals surface area contributed by atoms with E-state index in [1.165, 1.54) is 0 Å². The summed E-state index contributed by atoms with van der Waals surface area (Å²) in [7, 11) is -1.70. The maximum atomic E-state index is 16.7. The summed E-state index contributed by atoms with van der Waals surface area (Å²) in [5.74, 6) is 0.0818. The van der Waals surface area contributed by atoms with Crippen LogP contribution in [0.4, 0.5) is 10.2 Å². The second-order valence-electron chi connectivity index (χ2n) is 12.4. The van der Waals surface area contributed by atoms with E-state index in [2.05, 4.69) is 25.1 Å². The molecule has 9 nitrogen and oxygen atoms in total. The zero-order chi connectivity index (χ0) is 28.4. The van der Waals surface area contributed by atoms with Crippen LogP contribution in [-0.4, -0.2) is 87.4 Å². The number of rotatable bonds is 6. The first-order chi connectivity index (χ1) is 20.5. The molecule has 42 heavy (non-hydrogen) atoms. The molecule has 216 valence electrons. The Hall–Kier alpha value is -3.38. The second kappa shape index (κ2) is 10.1. The molecule has 0 spiro atoms. The van der Waals surface area contributed by atoms with Crippen LogP contribution in [0.2, 0.25) is 0 Å². The van der Waals surface area contributed by atoms with Crippen molar-refractivity contribution in [1.29, 1.82) is 0 Å². The van der Waals surface area contributed by atoms with E-state index in [0.717, 1.165) is 75.5 Å². The van der Waals surface area contributed by atoms with E-state index in [-0.39, 0.29) is 28.2 Å². The third-order valence-electron chi connectivity index (χ3n) is 9.88. The third-order valence-corrected chi connectivity index (χ3v) is 9.88. The number of nitrogens with one attached hydrogen (secondary N) is 1. The lowest BCUT2D eigenvalue weighted by molar-refractivity contribution is 0.108. The summed E-state index contributed by atoms with van der Waals surface area (Å²) < 4.78 is 23.1. The third kappa shape index (κ3) is 4.33. The Kier molecular flexibility index (Phi) is 6.33. The average molecular weight is 568 g/mol. The maximum absolute atomic E-state index is 16.7. The number of halogens is 1. The van der Waals surface area contributed by atoms with Gasteiger partial charge in [-0.1, -0.05) is 36.4 Å². The van der Waals surface area contributed by atoms with Gasteiger partial charge in [0.1, 0.15) is 23.6 Å². The van der Waals surface area contributed by atoms with Gasteiger partial charge in [0.2, 0.25) is 0 Å². The molecule has 11 heteroatoms. The molecule has 2 bridgehead atoms. The van der Waals surface area contributed by atoms with Crippen molar-refractivity contribution in [3.8, 4) is 17.3 Å². The summed E-state index contributed by atoms with van der Waals surface area (Å²) in [6, 6.07) is 11.7. The highest BCUT2D eigenvalue weighted by Crippen LogP contribution is 2.40. The zero-order valence-corrected chi connectivity index (χ0v) is 23.5. The quantitative estimate of drug-likeness (QED) is 0.303. The first-order valence-corrected chi connectivity index (χ1v) is 15.1. The highest BCUT2D eigenvalue weighted by atomic mass is 19.1. The van der Waals surface area contributed by atoms with Crippen molar-refractivity contribution in [3.63, 3.8) is 0 Å². The molecule has 0 aliphatic carbocycles. The van der Waals surface area contributed by atoms with Crippen LogP contribution in [0.5, 0.6) is 6.01 Å². The number of aromatic nitrogens is 3. The van der Waals surface area contributed by atoms with Gasteiger partial charge in [0, 0.05) is 36.9 Å². The number of hydrogen-bond donors (Lipinski definition) is 3. The Balaban J connectivity index is 1.26. The largest absolute Gasteiger partial charge is 0.488 e. The van der Waals surface area contributed by atoms with Crippen molar-refractivity contribution < 1.29 is 19.2 Å². The predicted molar refractivity (Wildman–Crippen MR) is 160 cm³/mol. The molecule has 8 rings (SSSR count). The number of anilines is 1. The summed E-state index contributed by atoms with van der Waals surface area (Å²) >= 11 is 0. The maximum Gasteiger partial charge on any atom is 0.488 e. The van der Waals surface area contributed by atoms with Crippen molar-refractivity contribution in [2.24, 2.45) is 0 Å². The van der Waals surface area contributed by atoms with E-state index in [9.17, 15) is 10.0 Å². The number of piperazine rings is 1. The number of hydrogen-bond acceptors (Lipinski definition) is 9. The Labute approximate surface area is 243 Å². The van der Waals surface area contributed by atoms with Gasteiger partial charge < -0.3 is 25.0 Å². The first kappa shape index (κ1) is 26.3. The lowest BCUT2D eigenvalue weighted by Gasteiger charge is -2.34. The highest BCUT2D eigenvalue weighted by molar-refractivity contribution is 6.59. The Morgan fingerprint density at radius 1 is 1.02 bits per heavy atom. The summed E-state index contributed by atoms with van der Waals surface area (Å²) in [4.78, 5) is 18.9. The molecule has 0 amide bonds. The Morgan fingerprint density at radius 3 is 2.55 bits per heavy atom. The van der Waals surface area contributed by atoms with E-state index in [1.807, 2.05) is 24.3 Å². The van der Waals surface area contributed by atoms with E-state index >= 15 is 4.39 Å². The van der Waals surface area contributed by atoms with E-state index in [0.29, 0.717) is 35.5 Å². The molecule has 4 aromatic rings. The minimum absolute atomic E-state index is 0.0130. The monoisotopic (exact) mass is 568 g/mol. The number of fused-ring (bicyclic) bond motifs is 5. The van der Waals surface area contributed by atoms with Crippen molar-refractivity contribution in [2.45, 2.75) is 56.1 Å². The van der Waals surface area contributed by atoms with Crippen LogP contribution in [0.3, 0.4) is 0 Å². The molecule has 2 aromatic carbocycles. The highest BCUT2D eigenvalue weighted by Gasteiger charge is 2.45. The SMILES string of the molecule is OB(O)c1cc(-c2ncc3c(N4C[C@H]5CC[C@@H](C4)N5)nc(OCC45CCCN4CCC5)nc3c2F)c2ccccc2c1. The topological polar surface area (TPSA) is 107 Å². The first-order valence-electron chi connectivity index (χ1n) is 15.1. The molecule has 0 saturated carbocycles. The van der Waals surface area contributed by atoms with Crippen molar-refractivity contribution in [2.75, 3.05) is 37.7 Å². The fraction of sp³-hybridized carbons (Fsp3) is 0.452. The van der Waals surface area contributed by atoms with Crippen LogP contribution in [-0.2, 0) is 0 Å². The van der Waals surface area contributed by atoms with Crippen LogP contribution < -0.4 is 20.4 Å². The summed E-state index contributed by atoms with van der Waals surface area (Å²) in [6.45, 7) is 4.24. The van der Waals surface area contributed by atoms with Crippen molar-refractivity contribution in [3.05, 3.63) is 48.4 Å². The minimum atomic E-state index is -1.70. The lowest BCUT2D eigenvalue weighted by Crippen LogP contribution is -2.51. The predicted octanol–water partition coefficient (Wildman–Crippen LogP) is 2.61. The summed E-state index contributed by atoms with van der Waals surface area (Å²) in [5, 5.41) is 25.7. The van der Waals surface area contributed by atoms with Crippen LogP contribution in [0.15, 0.2) is 42.6 Å². The van der Waals surface area contributed by atoms with E-state index < -0.39 is 12.9 Å². The van der Waals surface area contributed by atoms with Crippen molar-refractivity contribution >= 4 is 40.1 Å². The van der Waals surface area contributed by atoms with Crippen LogP contribution >= 0.6 is 0 Å². The second-order valence-corrected chi connectivity index (χ2v) is 12.4. The van der Waals surface area contributed by atoms with Gasteiger partial charge in [-0.05, 0) is 67.8 Å². The molecular formula is C31H34BFN6O3. The Bertz CT molecular complexity index is 1670. The number of benzene rings is 2. The molecule has 4 aliphatic heterocycles. The van der Waals surface area contributed by atoms with Gasteiger partial charge in [0.05, 0.1) is 10.9 Å². The van der Waals surface area contributed by atoms with Crippen LogP contribution in [0.25, 0.3) is 32.9 Å². The van der Waals surface area contributed by atoms with Gasteiger partial charge in [-0.25, -0.2) is 4.39 Å². The molecule has 4 fully saturated rings. The van der Waals surface area contributed by atoms with Gasteiger partial charge in [-0.15, -0.1) is 0 Å². The molecule has 0 radical (unpaired) electrons. The minimum Gasteiger partial charge on any atom is -0.461 e. The average Bonchev–Trinajstić information content (AvgIpc) is 3.69. The van der Waals surface area contributed by atoms with E-state index in [4.69, 9.17) is 9.72 Å². The van der Waals surface area contributed by atoms with Gasteiger partial charge in [0.15, 0.2) is 5.82 Å². The number of nitrogens with zero attached hydrogens (tertiary/aromatic N) is 5. The number of ether oxygens (including phenoxy) is 1. The van der Waals surface area contributed by atoms with E-state index in [1.54, 1.807) is 18.3 Å². The molecule has 4 saturated heterocycles. The van der Waals surface area contributed by atoms with Gasteiger partial charge >= 0.3 is 13.1 Å². The van der Waals surface area contributed by atoms with Gasteiger partial charge in [-0.2, -0.15) is 9.97 Å². The molecule has 6 heterocycles. The summed E-state index contributed by atoms with van der Waals surface area (Å²) in [6.07, 6.45) is 8.40. The van der Waals surface area contributed by atoms with Gasteiger partial charge in [0.25, 0.3) is 0 Å².